The summed E-state index contributed by atoms with van der Waals surface area (Å²) in [6.45, 7) is 16.7. The number of Topliss-reactive ketones (excluding diaryl/α,β-unsaturated/α-hetero) is 2. The molecule has 1 aliphatic carbocycles. The Morgan fingerprint density at radius 3 is 1.87 bits per heavy atom. The van der Waals surface area contributed by atoms with Crippen LogP contribution in [0.2, 0.25) is 0 Å². The molecule has 40 nitrogen and oxygen atoms in total. The van der Waals surface area contributed by atoms with Gasteiger partial charge in [-0.1, -0.05) is 97.4 Å². The fourth-order valence-electron chi connectivity index (χ4n) is 14.3. The van der Waals surface area contributed by atoms with Gasteiger partial charge in [-0.2, -0.15) is 0 Å². The number of hydrogen-bond donors (Lipinski definition) is 17. The zero-order valence-corrected chi connectivity index (χ0v) is 69.6. The van der Waals surface area contributed by atoms with Crippen molar-refractivity contribution in [3.63, 3.8) is 0 Å². The summed E-state index contributed by atoms with van der Waals surface area (Å²) in [6.07, 6.45) is -33.8. The van der Waals surface area contributed by atoms with Crippen LogP contribution in [0.1, 0.15) is 139 Å². The summed E-state index contributed by atoms with van der Waals surface area (Å²) in [4.78, 5) is 118. The number of carboxylic acids is 1. The van der Waals surface area contributed by atoms with Gasteiger partial charge in [-0.25, -0.2) is 14.2 Å². The van der Waals surface area contributed by atoms with Crippen LogP contribution in [0.4, 0.5) is 4.79 Å². The van der Waals surface area contributed by atoms with Crippen molar-refractivity contribution in [1.82, 2.24) is 16.0 Å². The molecule has 0 bridgehead atoms. The second-order valence-corrected chi connectivity index (χ2v) is 33.1. The van der Waals surface area contributed by atoms with Gasteiger partial charge in [0.25, 0.3) is 5.91 Å². The molecule has 1 aromatic carbocycles. The molecule has 0 radical (unpaired) electrons. The Labute approximate surface area is 693 Å². The first kappa shape index (κ1) is 99.8. The molecule has 6 aliphatic rings. The monoisotopic (exact) mass is 1730 g/mol. The summed E-state index contributed by atoms with van der Waals surface area (Å²) >= 11 is 0. The Morgan fingerprint density at radius 2 is 1.27 bits per heavy atom. The molecule has 1 unspecified atom stereocenters. The molecule has 120 heavy (non-hydrogen) atoms. The summed E-state index contributed by atoms with van der Waals surface area (Å²) in [5, 5.41) is 131. The van der Waals surface area contributed by atoms with Crippen LogP contribution in [0.25, 0.3) is 6.08 Å². The van der Waals surface area contributed by atoms with E-state index in [1.807, 2.05) is 6.08 Å². The molecule has 41 heteroatoms. The van der Waals surface area contributed by atoms with Gasteiger partial charge in [0.2, 0.25) is 17.7 Å². The van der Waals surface area contributed by atoms with Crippen molar-refractivity contribution in [3.05, 3.63) is 95.2 Å². The number of aliphatic hydroxyl groups is 10. The smallest absolute Gasteiger partial charge is 0.474 e. The van der Waals surface area contributed by atoms with Gasteiger partial charge in [0, 0.05) is 33.1 Å². The molecule has 5 amide bonds. The Morgan fingerprint density at radius 1 is 0.700 bits per heavy atom. The van der Waals surface area contributed by atoms with Crippen LogP contribution in [0, 0.1) is 5.41 Å². The highest BCUT2D eigenvalue weighted by atomic mass is 31.2. The summed E-state index contributed by atoms with van der Waals surface area (Å²) in [6, 6.07) is 2.62. The maximum atomic E-state index is 14.3. The number of hydrogen-bond acceptors (Lipinski definition) is 33. The van der Waals surface area contributed by atoms with E-state index in [1.165, 1.54) is 31.3 Å². The second-order valence-electron chi connectivity index (χ2n) is 31.7. The molecule has 5 saturated heterocycles. The molecule has 6 fully saturated rings. The molecule has 19 N–H and O–H groups in total. The maximum absolute atomic E-state index is 14.3. The number of allylic oxidation sites excluding steroid dienone is 8. The minimum atomic E-state index is -5.87. The quantitative estimate of drug-likeness (QED) is 0.0226. The number of rotatable bonds is 41. The number of nitrogens with one attached hydrogen (secondary N) is 3. The van der Waals surface area contributed by atoms with Gasteiger partial charge in [0.1, 0.15) is 96.7 Å². The van der Waals surface area contributed by atoms with Crippen LogP contribution in [-0.2, 0) is 99.3 Å². The number of benzene rings is 1. The number of aliphatic hydroxyl groups excluding tert-OH is 9. The Hall–Kier alpha value is -7.27. The van der Waals surface area contributed by atoms with E-state index in [4.69, 9.17) is 77.4 Å². The van der Waals surface area contributed by atoms with Gasteiger partial charge in [0.15, 0.2) is 79.1 Å². The molecule has 27 atom stereocenters. The minimum absolute atomic E-state index is 0.153. The number of carbonyl (C=O) groups is 8. The normalized spacial score (nSPS) is 33.9. The van der Waals surface area contributed by atoms with E-state index >= 15 is 0 Å². The number of carbonyl (C=O) groups excluding carboxylic acids is 7. The Balaban J connectivity index is 1.12. The molecule has 5 heterocycles. The molecule has 0 spiro atoms. The average molecular weight is 1730 g/mol. The van der Waals surface area contributed by atoms with Crippen LogP contribution in [0.15, 0.2) is 89.6 Å². The molecule has 1 saturated carbocycles. The van der Waals surface area contributed by atoms with E-state index in [-0.39, 0.29) is 31.3 Å². The van der Waals surface area contributed by atoms with E-state index in [0.717, 1.165) is 64.0 Å². The van der Waals surface area contributed by atoms with Crippen molar-refractivity contribution in [1.29, 1.82) is 0 Å². The Bertz CT molecular complexity index is 3870. The van der Waals surface area contributed by atoms with Crippen molar-refractivity contribution >= 4 is 61.2 Å². The third kappa shape index (κ3) is 26.9. The van der Waals surface area contributed by atoms with Crippen molar-refractivity contribution in [3.8, 4) is 5.75 Å². The minimum Gasteiger partial charge on any atom is -0.497 e. The first-order chi connectivity index (χ1) is 56.2. The zero-order chi connectivity index (χ0) is 89.2. The highest BCUT2D eigenvalue weighted by molar-refractivity contribution is 7.47. The number of ether oxygens (including phenoxy) is 12. The number of methoxy groups -OCH3 is 1. The molecule has 1 aromatic rings. The average Bonchev–Trinajstić information content (AvgIpc) is 0.909. The van der Waals surface area contributed by atoms with E-state index < -0.39 is 239 Å². The van der Waals surface area contributed by atoms with Crippen molar-refractivity contribution in [2.24, 2.45) is 16.9 Å². The van der Waals surface area contributed by atoms with Gasteiger partial charge >= 0.3 is 19.9 Å². The van der Waals surface area contributed by atoms with Crippen LogP contribution in [0.3, 0.4) is 0 Å². The van der Waals surface area contributed by atoms with Crippen LogP contribution < -0.4 is 32.2 Å². The van der Waals surface area contributed by atoms with E-state index in [1.54, 1.807) is 43.3 Å². The number of phosphoric acid groups is 1. The number of phosphoric ester groups is 1. The first-order valence-corrected chi connectivity index (χ1v) is 40.7. The van der Waals surface area contributed by atoms with Crippen LogP contribution in [-0.4, -0.2) is 306 Å². The number of primary amides is 2. The summed E-state index contributed by atoms with van der Waals surface area (Å²) in [5.41, 5.74) is 11.0. The molecular weight excluding hydrogens is 1610 g/mol. The SMILES string of the molecule is C=C(C/C=C(\C)CCC=C(C)C)CCC(C)(C)/C=C/CC/C(C)=C\CO[C@H](COP(=O)(O)O[C@H]1O[C@H](C(N)=O)[C@@](C)(O)[C@H](OC(N)=O)[C@H]1O[C@@H]1O[C@H](CO[C@@H]2O[C@H](CO)[C@@H](O)[C@H](O)[C@H]2O)[C@@H](O[C@@H]2O[C@H](C)[C@@H](O[C@@H]3O[C@H](C(=O)NC4(C/C=C/c5ccc(OC)cc5)C(=O)CCC4=O)[C@H](O)[C@H](O)[C@H]3O)[C@H](O)[C@H]2NC(C)=O)[C@H](O)[C@H]1NC(C)=O)C(=O)O. The molecule has 674 valence electrons. The lowest BCUT2D eigenvalue weighted by Gasteiger charge is -2.52. The fraction of sp³-hybridized carbons (Fsp3) is 0.671. The van der Waals surface area contributed by atoms with Gasteiger partial charge in [-0.05, 0) is 110 Å². The Kier molecular flexibility index (Phi) is 36.9. The predicted octanol–water partition coefficient (Wildman–Crippen LogP) is -0.377. The largest absolute Gasteiger partial charge is 0.497 e. The van der Waals surface area contributed by atoms with Crippen molar-refractivity contribution < 1.29 is 170 Å². The highest BCUT2D eigenvalue weighted by Gasteiger charge is 2.63. The first-order valence-electron chi connectivity index (χ1n) is 39.2. The lowest BCUT2D eigenvalue weighted by Crippen LogP contribution is -2.72. The standard InChI is InChI=1S/C79H118N5O35P/c1-38(2)17-15-19-39(3)21-22-41(5)29-33-77(9,10)31-14-13-18-40(4)30-34-107-49(70(100)101)37-109-120(104,105)119-75-65(66(118-76(81)102)78(11,103)67(117-75)68(80)98)116-72-53(83-44(8)87)56(92)63(48(112-72)36-108-73-60(96)57(93)54(90)47(35-85)111-73)114-71-52(82-43(7)86)55(91)62(42(6)110-71)113-74-61(97)58(94)59(95)64(115-74)69(99)84-79(50(88)27-28-51(79)89)32-16-20-45-23-25-46(106-12)26-24-45/h14,16-17,20-21,23-26,30-31,42,47-49,52-67,71-75,85,90-97,103H,5,13,15,18-19,22,27-29,32-37H2,1-4,6-12H3,(H2,80,98)(H2,81,102)(H,82,86)(H,83,87)(H,84,99)(H,100,101)(H,104,105)/b20-16+,31-14+,39-21+,40-30-/t42-,47-,48-,49-,52-,53-,54-,55-,56-,57+,58+,59-,60-,61-,62-,63-,64+,65-,66-,67-,71+,72+,73-,74-,75-,78+/m1/s1. The summed E-state index contributed by atoms with van der Waals surface area (Å²) in [5.74, 6) is -7.42. The summed E-state index contributed by atoms with van der Waals surface area (Å²) < 4.78 is 94.9. The topological polar surface area (TPSA) is 614 Å². The van der Waals surface area contributed by atoms with Gasteiger partial charge in [-0.3, -0.25) is 37.8 Å². The van der Waals surface area contributed by atoms with Crippen LogP contribution in [0.5, 0.6) is 5.75 Å². The zero-order valence-electron chi connectivity index (χ0n) is 68.7. The highest BCUT2D eigenvalue weighted by Crippen LogP contribution is 2.49. The lowest BCUT2D eigenvalue weighted by atomic mass is 9.85. The van der Waals surface area contributed by atoms with Gasteiger partial charge in [-0.15, -0.1) is 0 Å². The molecule has 5 aliphatic heterocycles. The van der Waals surface area contributed by atoms with Gasteiger partial charge < -0.3 is 145 Å². The van der Waals surface area contributed by atoms with Gasteiger partial charge in [0.05, 0.1) is 39.6 Å². The fourth-order valence-corrected chi connectivity index (χ4v) is 15.1. The van der Waals surface area contributed by atoms with Crippen molar-refractivity contribution in [2.45, 2.75) is 298 Å². The van der Waals surface area contributed by atoms with E-state index in [2.05, 4.69) is 75.4 Å². The number of aliphatic carboxylic acids is 1. The number of amides is 5. The number of nitrogens with two attached hydrogens (primary N) is 2. The summed E-state index contributed by atoms with van der Waals surface area (Å²) in [7, 11) is -4.40. The third-order valence-electron chi connectivity index (χ3n) is 21.2. The molecular formula is C79H118N5O35P. The lowest BCUT2D eigenvalue weighted by molar-refractivity contribution is -0.375. The maximum Gasteiger partial charge on any atom is 0.474 e. The van der Waals surface area contributed by atoms with E-state index in [0.29, 0.717) is 24.2 Å². The van der Waals surface area contributed by atoms with E-state index in [9.17, 15) is 104 Å². The predicted molar refractivity (Wildman–Crippen MR) is 417 cm³/mol. The van der Waals surface area contributed by atoms with Crippen LogP contribution >= 0.6 is 7.82 Å². The molecule has 0 aromatic heterocycles. The number of carboxylic acid groups (broad SMARTS) is 1. The third-order valence-corrected chi connectivity index (χ3v) is 22.2. The number of ketones is 2. The second kappa shape index (κ2) is 44.4. The molecule has 7 rings (SSSR count). The van der Waals surface area contributed by atoms with Crippen molar-refractivity contribution in [2.75, 3.05) is 33.5 Å².